The molecule has 2 unspecified atom stereocenters. The first-order valence-corrected chi connectivity index (χ1v) is 4.08. The molecule has 0 aromatic carbocycles. The summed E-state index contributed by atoms with van der Waals surface area (Å²) < 4.78 is 0. The van der Waals surface area contributed by atoms with Crippen molar-refractivity contribution in [2.45, 2.75) is 19.4 Å². The summed E-state index contributed by atoms with van der Waals surface area (Å²) in [5, 5.41) is 8.92. The van der Waals surface area contributed by atoms with Crippen LogP contribution in [0.3, 0.4) is 0 Å². The van der Waals surface area contributed by atoms with E-state index in [4.69, 9.17) is 11.5 Å². The largest absolute Gasteiger partial charge is 0.396 e. The molecule has 66 valence electrons. The van der Waals surface area contributed by atoms with Crippen LogP contribution in [0, 0.1) is 18.3 Å². The van der Waals surface area contributed by atoms with E-state index in [0.717, 1.165) is 6.42 Å². The molecule has 1 N–H and O–H groups in total. The van der Waals surface area contributed by atoms with Gasteiger partial charge in [0.2, 0.25) is 0 Å². The number of rotatable bonds is 1. The van der Waals surface area contributed by atoms with Crippen molar-refractivity contribution >= 4 is 5.91 Å². The first-order valence-electron chi connectivity index (χ1n) is 4.08. The molecule has 3 nitrogen and oxygen atoms in total. The van der Waals surface area contributed by atoms with E-state index in [0.29, 0.717) is 6.54 Å². The highest BCUT2D eigenvalue weighted by molar-refractivity contribution is 5.93. The van der Waals surface area contributed by atoms with E-state index in [2.05, 4.69) is 5.92 Å². The maximum atomic E-state index is 11.1. The van der Waals surface area contributed by atoms with Crippen LogP contribution in [0.25, 0.3) is 0 Å². The molecule has 1 aliphatic heterocycles. The Kier molecular flexibility index (Phi) is 2.72. The maximum absolute atomic E-state index is 11.1. The third-order valence-electron chi connectivity index (χ3n) is 2.53. The van der Waals surface area contributed by atoms with Crippen LogP contribution < -0.4 is 0 Å². The minimum absolute atomic E-state index is 0.0820. The van der Waals surface area contributed by atoms with E-state index in [1.165, 1.54) is 0 Å². The zero-order chi connectivity index (χ0) is 9.14. The second kappa shape index (κ2) is 3.59. The van der Waals surface area contributed by atoms with Gasteiger partial charge in [-0.15, -0.1) is 6.42 Å². The molecule has 1 aliphatic rings. The van der Waals surface area contributed by atoms with Crippen LogP contribution in [0.1, 0.15) is 13.3 Å². The van der Waals surface area contributed by atoms with Crippen LogP contribution in [0.5, 0.6) is 0 Å². The average Bonchev–Trinajstić information content (AvgIpc) is 2.45. The summed E-state index contributed by atoms with van der Waals surface area (Å²) in [6.07, 6.45) is 5.85. The highest BCUT2D eigenvalue weighted by atomic mass is 16.3. The average molecular weight is 167 g/mol. The molecule has 1 fully saturated rings. The fourth-order valence-electron chi connectivity index (χ4n) is 1.62. The molecule has 1 saturated heterocycles. The lowest BCUT2D eigenvalue weighted by atomic mass is 10.0. The number of hydrogen-bond donors (Lipinski definition) is 1. The molecule has 0 aliphatic carbocycles. The molecule has 3 heteroatoms. The van der Waals surface area contributed by atoms with Crippen molar-refractivity contribution in [3.05, 3.63) is 0 Å². The predicted molar refractivity (Wildman–Crippen MR) is 45.2 cm³/mol. The summed E-state index contributed by atoms with van der Waals surface area (Å²) in [4.78, 5) is 12.7. The number of likely N-dealkylation sites (tertiary alicyclic amines) is 1. The quantitative estimate of drug-likeness (QED) is 0.552. The van der Waals surface area contributed by atoms with Gasteiger partial charge in [-0.3, -0.25) is 4.79 Å². The molecule has 1 amide bonds. The van der Waals surface area contributed by atoms with Gasteiger partial charge in [0, 0.05) is 25.1 Å². The number of carbonyl (C=O) groups is 1. The maximum Gasteiger partial charge on any atom is 0.298 e. The minimum Gasteiger partial charge on any atom is -0.396 e. The van der Waals surface area contributed by atoms with Crippen molar-refractivity contribution in [1.29, 1.82) is 0 Å². The first-order chi connectivity index (χ1) is 5.70. The molecule has 1 rings (SSSR count). The van der Waals surface area contributed by atoms with E-state index in [9.17, 15) is 4.79 Å². The molecule has 2 atom stereocenters. The standard InChI is InChI=1S/C9H13NO2/c1-3-9(12)10-5-4-8(6-11)7(10)2/h1,7-8,11H,4-6H2,2H3. The van der Waals surface area contributed by atoms with Crippen molar-refractivity contribution < 1.29 is 9.90 Å². The molecular formula is C9H13NO2. The van der Waals surface area contributed by atoms with Gasteiger partial charge in [0.05, 0.1) is 0 Å². The summed E-state index contributed by atoms with van der Waals surface area (Å²) in [6, 6.07) is 0.0820. The topological polar surface area (TPSA) is 40.5 Å². The summed E-state index contributed by atoms with van der Waals surface area (Å²) in [5.41, 5.74) is 0. The third-order valence-corrected chi connectivity index (χ3v) is 2.53. The zero-order valence-corrected chi connectivity index (χ0v) is 7.16. The SMILES string of the molecule is C#CC(=O)N1CCC(CO)C1C. The molecule has 12 heavy (non-hydrogen) atoms. The fourth-order valence-corrected chi connectivity index (χ4v) is 1.62. The molecular weight excluding hydrogens is 154 g/mol. The molecule has 0 aromatic heterocycles. The Morgan fingerprint density at radius 1 is 1.83 bits per heavy atom. The van der Waals surface area contributed by atoms with Gasteiger partial charge in [-0.1, -0.05) is 0 Å². The van der Waals surface area contributed by atoms with Crippen LogP contribution >= 0.6 is 0 Å². The van der Waals surface area contributed by atoms with Gasteiger partial charge in [0.25, 0.3) is 5.91 Å². The number of amides is 1. The minimum atomic E-state index is -0.265. The smallest absolute Gasteiger partial charge is 0.298 e. The number of terminal acetylenes is 1. The van der Waals surface area contributed by atoms with Crippen LogP contribution in [-0.4, -0.2) is 35.1 Å². The van der Waals surface area contributed by atoms with Crippen molar-refractivity contribution in [3.63, 3.8) is 0 Å². The summed E-state index contributed by atoms with van der Waals surface area (Å²) in [5.74, 6) is 2.02. The number of nitrogens with zero attached hydrogens (tertiary/aromatic N) is 1. The Hall–Kier alpha value is -1.01. The molecule has 0 saturated carbocycles. The highest BCUT2D eigenvalue weighted by Gasteiger charge is 2.32. The van der Waals surface area contributed by atoms with Gasteiger partial charge in [0.1, 0.15) is 0 Å². The monoisotopic (exact) mass is 167 g/mol. The van der Waals surface area contributed by atoms with Gasteiger partial charge in [0.15, 0.2) is 0 Å². The Labute approximate surface area is 72.4 Å². The Morgan fingerprint density at radius 3 is 2.92 bits per heavy atom. The molecule has 0 spiro atoms. The van der Waals surface area contributed by atoms with Gasteiger partial charge in [-0.05, 0) is 19.3 Å². The van der Waals surface area contributed by atoms with E-state index < -0.39 is 0 Å². The lowest BCUT2D eigenvalue weighted by molar-refractivity contribution is -0.125. The van der Waals surface area contributed by atoms with Crippen molar-refractivity contribution in [2.75, 3.05) is 13.2 Å². The van der Waals surface area contributed by atoms with Crippen molar-refractivity contribution in [1.82, 2.24) is 4.90 Å². The molecule has 0 bridgehead atoms. The Morgan fingerprint density at radius 2 is 2.50 bits per heavy atom. The van der Waals surface area contributed by atoms with Crippen LogP contribution in [0.15, 0.2) is 0 Å². The molecule has 1 heterocycles. The van der Waals surface area contributed by atoms with Gasteiger partial charge in [-0.25, -0.2) is 0 Å². The molecule has 0 aromatic rings. The highest BCUT2D eigenvalue weighted by Crippen LogP contribution is 2.23. The summed E-state index contributed by atoms with van der Waals surface area (Å²) >= 11 is 0. The van der Waals surface area contributed by atoms with Gasteiger partial charge >= 0.3 is 0 Å². The summed E-state index contributed by atoms with van der Waals surface area (Å²) in [7, 11) is 0. The third kappa shape index (κ3) is 1.44. The second-order valence-electron chi connectivity index (χ2n) is 3.11. The molecule has 0 radical (unpaired) electrons. The predicted octanol–water partition coefficient (Wildman–Crippen LogP) is -0.151. The van der Waals surface area contributed by atoms with E-state index in [1.807, 2.05) is 6.92 Å². The lowest BCUT2D eigenvalue weighted by Gasteiger charge is -2.21. The Balaban J connectivity index is 2.61. The van der Waals surface area contributed by atoms with Crippen LogP contribution in [0.2, 0.25) is 0 Å². The van der Waals surface area contributed by atoms with E-state index >= 15 is 0 Å². The normalized spacial score (nSPS) is 28.6. The van der Waals surface area contributed by atoms with Gasteiger partial charge in [-0.2, -0.15) is 0 Å². The summed E-state index contributed by atoms with van der Waals surface area (Å²) in [6.45, 7) is 2.73. The Bertz CT molecular complexity index is 219. The van der Waals surface area contributed by atoms with Gasteiger partial charge < -0.3 is 10.0 Å². The van der Waals surface area contributed by atoms with Crippen LogP contribution in [-0.2, 0) is 4.79 Å². The number of aliphatic hydroxyl groups excluding tert-OH is 1. The van der Waals surface area contributed by atoms with Crippen LogP contribution in [0.4, 0.5) is 0 Å². The second-order valence-corrected chi connectivity index (χ2v) is 3.11. The van der Waals surface area contributed by atoms with Crippen molar-refractivity contribution in [2.24, 2.45) is 5.92 Å². The van der Waals surface area contributed by atoms with Crippen molar-refractivity contribution in [3.8, 4) is 12.3 Å². The van der Waals surface area contributed by atoms with E-state index in [1.54, 1.807) is 4.90 Å². The zero-order valence-electron chi connectivity index (χ0n) is 7.16. The number of carbonyl (C=O) groups excluding carboxylic acids is 1. The van der Waals surface area contributed by atoms with E-state index in [-0.39, 0.29) is 24.5 Å². The fraction of sp³-hybridized carbons (Fsp3) is 0.667. The number of aliphatic hydroxyl groups is 1. The first kappa shape index (κ1) is 9.08. The lowest BCUT2D eigenvalue weighted by Crippen LogP contribution is -2.35. The number of hydrogen-bond acceptors (Lipinski definition) is 2.